The van der Waals surface area contributed by atoms with Crippen LogP contribution in [-0.4, -0.2) is 38.5 Å². The summed E-state index contributed by atoms with van der Waals surface area (Å²) in [4.78, 5) is 3.74. The van der Waals surface area contributed by atoms with Crippen LogP contribution in [0.15, 0.2) is 36.4 Å². The van der Waals surface area contributed by atoms with Crippen molar-refractivity contribution < 1.29 is 14.7 Å². The third-order valence-electron chi connectivity index (χ3n) is 5.40. The molecule has 1 heterocycles. The van der Waals surface area contributed by atoms with E-state index >= 15 is 0 Å². The summed E-state index contributed by atoms with van der Waals surface area (Å²) in [5, 5.41) is 10.4. The van der Waals surface area contributed by atoms with E-state index in [1.807, 2.05) is 6.07 Å². The molecule has 1 saturated heterocycles. The molecule has 2 N–H and O–H groups in total. The Kier molecular flexibility index (Phi) is 6.40. The molecule has 0 radical (unpaired) electrons. The van der Waals surface area contributed by atoms with Crippen LogP contribution in [0.5, 0.6) is 5.75 Å². The van der Waals surface area contributed by atoms with Gasteiger partial charge in [-0.3, -0.25) is 0 Å². The van der Waals surface area contributed by atoms with E-state index in [0.717, 1.165) is 45.0 Å². The van der Waals surface area contributed by atoms with Crippen LogP contribution in [0.2, 0.25) is 0 Å². The molecule has 1 unspecified atom stereocenters. The molecule has 1 atom stereocenters. The number of aryl methyl sites for hydroxylation is 1. The Morgan fingerprint density at radius 1 is 1.07 bits per heavy atom. The van der Waals surface area contributed by atoms with Crippen molar-refractivity contribution >= 4 is 5.69 Å². The quantitative estimate of drug-likeness (QED) is 0.822. The Morgan fingerprint density at radius 3 is 2.37 bits per heavy atom. The normalized spacial score (nSPS) is 16.0. The summed E-state index contributed by atoms with van der Waals surface area (Å²) in [6.07, 6.45) is 0. The number of phenols is 1. The maximum atomic E-state index is 10.4. The molecule has 0 spiro atoms. The third-order valence-corrected chi connectivity index (χ3v) is 5.40. The van der Waals surface area contributed by atoms with E-state index in [-0.39, 0.29) is 0 Å². The maximum Gasteiger partial charge on any atom is 0.124 e. The molecular formula is C23H33N2O2+. The molecule has 4 heteroatoms. The highest BCUT2D eigenvalue weighted by Gasteiger charge is 2.14. The minimum atomic E-state index is 0.416. The van der Waals surface area contributed by atoms with Gasteiger partial charge in [0, 0.05) is 29.9 Å². The van der Waals surface area contributed by atoms with E-state index in [1.54, 1.807) is 0 Å². The van der Waals surface area contributed by atoms with Crippen LogP contribution in [-0.2, 0) is 17.8 Å². The lowest BCUT2D eigenvalue weighted by Crippen LogP contribution is -3.06. The van der Waals surface area contributed by atoms with Crippen molar-refractivity contribution in [3.8, 4) is 5.75 Å². The van der Waals surface area contributed by atoms with Gasteiger partial charge in [-0.25, -0.2) is 0 Å². The van der Waals surface area contributed by atoms with Crippen molar-refractivity contribution in [1.82, 2.24) is 0 Å². The fourth-order valence-corrected chi connectivity index (χ4v) is 3.90. The zero-order valence-corrected chi connectivity index (χ0v) is 17.1. The predicted molar refractivity (Wildman–Crippen MR) is 111 cm³/mol. The molecule has 146 valence electrons. The highest BCUT2D eigenvalue weighted by Crippen LogP contribution is 2.26. The molecule has 0 saturated carbocycles. The molecule has 1 aliphatic heterocycles. The zero-order chi connectivity index (χ0) is 19.4. The van der Waals surface area contributed by atoms with Gasteiger partial charge in [-0.05, 0) is 48.2 Å². The van der Waals surface area contributed by atoms with Crippen LogP contribution in [0, 0.1) is 6.92 Å². The number of aromatic hydroxyl groups is 1. The molecule has 2 aromatic rings. The summed E-state index contributed by atoms with van der Waals surface area (Å²) in [5.74, 6) is 0.885. The predicted octanol–water partition coefficient (Wildman–Crippen LogP) is 2.88. The van der Waals surface area contributed by atoms with Crippen LogP contribution in [0.4, 0.5) is 5.69 Å². The third kappa shape index (κ3) is 5.02. The minimum Gasteiger partial charge on any atom is -0.507 e. The summed E-state index contributed by atoms with van der Waals surface area (Å²) in [7, 11) is 2.18. The fourth-order valence-electron chi connectivity index (χ4n) is 3.90. The van der Waals surface area contributed by atoms with Crippen molar-refractivity contribution in [2.24, 2.45) is 0 Å². The van der Waals surface area contributed by atoms with E-state index in [9.17, 15) is 5.11 Å². The number of benzene rings is 2. The number of quaternary nitrogens is 1. The van der Waals surface area contributed by atoms with Crippen molar-refractivity contribution in [2.75, 3.05) is 38.3 Å². The largest absolute Gasteiger partial charge is 0.507 e. The SMILES string of the molecule is Cc1cc(O)c(C[NH+](C)Cc2ccc(N3CCOCC3)cc2)cc1C(C)C. The number of hydrogen-bond acceptors (Lipinski definition) is 3. The summed E-state index contributed by atoms with van der Waals surface area (Å²) < 4.78 is 5.43. The summed E-state index contributed by atoms with van der Waals surface area (Å²) in [6, 6.07) is 13.0. The van der Waals surface area contributed by atoms with Crippen molar-refractivity contribution in [2.45, 2.75) is 39.8 Å². The Morgan fingerprint density at radius 2 is 1.74 bits per heavy atom. The Bertz CT molecular complexity index is 750. The molecule has 0 amide bonds. The number of phenolic OH excluding ortho intramolecular Hbond substituents is 1. The molecule has 4 nitrogen and oxygen atoms in total. The summed E-state index contributed by atoms with van der Waals surface area (Å²) >= 11 is 0. The van der Waals surface area contributed by atoms with Gasteiger partial charge in [0.2, 0.25) is 0 Å². The number of rotatable bonds is 6. The van der Waals surface area contributed by atoms with E-state index in [2.05, 4.69) is 63.1 Å². The number of hydrogen-bond donors (Lipinski definition) is 2. The van der Waals surface area contributed by atoms with Gasteiger partial charge in [0.25, 0.3) is 0 Å². The fraction of sp³-hybridized carbons (Fsp3) is 0.478. The lowest BCUT2D eigenvalue weighted by molar-refractivity contribution is -0.907. The lowest BCUT2D eigenvalue weighted by Gasteiger charge is -2.29. The molecular weight excluding hydrogens is 336 g/mol. The highest BCUT2D eigenvalue weighted by molar-refractivity contribution is 5.48. The summed E-state index contributed by atoms with van der Waals surface area (Å²) in [6.45, 7) is 11.8. The zero-order valence-electron chi connectivity index (χ0n) is 17.1. The van der Waals surface area contributed by atoms with Gasteiger partial charge in [-0.15, -0.1) is 0 Å². The second-order valence-corrected chi connectivity index (χ2v) is 8.07. The monoisotopic (exact) mass is 369 g/mol. The Balaban J connectivity index is 1.64. The molecule has 0 aromatic heterocycles. The van der Waals surface area contributed by atoms with Gasteiger partial charge in [0.1, 0.15) is 18.8 Å². The molecule has 1 fully saturated rings. The second kappa shape index (κ2) is 8.77. The van der Waals surface area contributed by atoms with Gasteiger partial charge < -0.3 is 19.6 Å². The first-order valence-electron chi connectivity index (χ1n) is 9.99. The molecule has 3 rings (SSSR count). The molecule has 0 bridgehead atoms. The first-order chi connectivity index (χ1) is 12.9. The number of ether oxygens (including phenoxy) is 1. The minimum absolute atomic E-state index is 0.416. The lowest BCUT2D eigenvalue weighted by atomic mass is 9.95. The first kappa shape index (κ1) is 19.7. The van der Waals surface area contributed by atoms with Crippen LogP contribution >= 0.6 is 0 Å². The number of nitrogens with one attached hydrogen (secondary N) is 1. The van der Waals surface area contributed by atoms with Crippen molar-refractivity contribution in [3.05, 3.63) is 58.7 Å². The first-order valence-corrected chi connectivity index (χ1v) is 9.99. The van der Waals surface area contributed by atoms with Crippen LogP contribution in [0.3, 0.4) is 0 Å². The van der Waals surface area contributed by atoms with Gasteiger partial charge in [0.15, 0.2) is 0 Å². The number of anilines is 1. The van der Waals surface area contributed by atoms with Crippen molar-refractivity contribution in [3.63, 3.8) is 0 Å². The van der Waals surface area contributed by atoms with Gasteiger partial charge in [-0.1, -0.05) is 26.0 Å². The van der Waals surface area contributed by atoms with Crippen LogP contribution < -0.4 is 9.80 Å². The van der Waals surface area contributed by atoms with E-state index in [4.69, 9.17) is 4.74 Å². The number of nitrogens with zero attached hydrogens (tertiary/aromatic N) is 1. The Labute approximate surface area is 163 Å². The van der Waals surface area contributed by atoms with Gasteiger partial charge in [0.05, 0.1) is 20.3 Å². The van der Waals surface area contributed by atoms with E-state index in [0.29, 0.717) is 11.7 Å². The molecule has 27 heavy (non-hydrogen) atoms. The van der Waals surface area contributed by atoms with E-state index in [1.165, 1.54) is 27.3 Å². The van der Waals surface area contributed by atoms with Crippen LogP contribution in [0.1, 0.15) is 42.0 Å². The highest BCUT2D eigenvalue weighted by atomic mass is 16.5. The van der Waals surface area contributed by atoms with Crippen molar-refractivity contribution in [1.29, 1.82) is 0 Å². The molecule has 1 aliphatic rings. The molecule has 2 aromatic carbocycles. The van der Waals surface area contributed by atoms with Crippen LogP contribution in [0.25, 0.3) is 0 Å². The average Bonchev–Trinajstić information content (AvgIpc) is 2.65. The molecule has 0 aliphatic carbocycles. The second-order valence-electron chi connectivity index (χ2n) is 8.07. The van der Waals surface area contributed by atoms with E-state index < -0.39 is 0 Å². The topological polar surface area (TPSA) is 37.1 Å². The Hall–Kier alpha value is -2.04. The number of morpholine rings is 1. The smallest absolute Gasteiger partial charge is 0.124 e. The maximum absolute atomic E-state index is 10.4. The average molecular weight is 370 g/mol. The summed E-state index contributed by atoms with van der Waals surface area (Å²) in [5.41, 5.74) is 6.12. The van der Waals surface area contributed by atoms with Gasteiger partial charge in [-0.2, -0.15) is 0 Å². The van der Waals surface area contributed by atoms with Gasteiger partial charge >= 0.3 is 0 Å². The standard InChI is InChI=1S/C23H32N2O2/c1-17(2)22-14-20(23(26)13-18(22)3)16-24(4)15-19-5-7-21(8-6-19)25-9-11-27-12-10-25/h5-8,13-14,17,26H,9-12,15-16H2,1-4H3/p+1.